The van der Waals surface area contributed by atoms with Gasteiger partial charge in [0.25, 0.3) is 0 Å². The van der Waals surface area contributed by atoms with E-state index in [-0.39, 0.29) is 31.1 Å². The Bertz CT molecular complexity index is 813. The molecule has 1 unspecified atom stereocenters. The van der Waals surface area contributed by atoms with Crippen LogP contribution in [0.1, 0.15) is 265 Å². The van der Waals surface area contributed by atoms with Crippen molar-refractivity contribution < 1.29 is 28.6 Å². The van der Waals surface area contributed by atoms with E-state index in [1.54, 1.807) is 0 Å². The molecule has 0 aliphatic rings. The van der Waals surface area contributed by atoms with E-state index in [1.807, 2.05) is 0 Å². The Morgan fingerprint density at radius 2 is 0.648 bits per heavy atom. The van der Waals surface area contributed by atoms with E-state index in [0.717, 1.165) is 63.7 Å². The maximum atomic E-state index is 12.7. The minimum atomic E-state index is -0.758. The molecule has 0 saturated carbocycles. The second kappa shape index (κ2) is 42.6. The third kappa shape index (κ3) is 40.1. The lowest BCUT2D eigenvalue weighted by molar-refractivity contribution is -0.167. The fourth-order valence-corrected chi connectivity index (χ4v) is 7.12. The van der Waals surface area contributed by atoms with Gasteiger partial charge in [-0.2, -0.15) is 0 Å². The van der Waals surface area contributed by atoms with Gasteiger partial charge in [-0.1, -0.05) is 227 Å². The fourth-order valence-electron chi connectivity index (χ4n) is 7.12. The highest BCUT2D eigenvalue weighted by molar-refractivity contribution is 5.71. The zero-order valence-electron chi connectivity index (χ0n) is 36.7. The summed E-state index contributed by atoms with van der Waals surface area (Å²) in [6.07, 6.45) is 42.3. The molecule has 0 fully saturated rings. The van der Waals surface area contributed by atoms with E-state index in [9.17, 15) is 14.4 Å². The first kappa shape index (κ1) is 52.4. The van der Waals surface area contributed by atoms with Gasteiger partial charge in [-0.3, -0.25) is 14.4 Å². The molecule has 0 saturated heterocycles. The van der Waals surface area contributed by atoms with Crippen molar-refractivity contribution in [1.29, 1.82) is 0 Å². The van der Waals surface area contributed by atoms with E-state index >= 15 is 0 Å². The molecule has 0 amide bonds. The fraction of sp³-hybridized carbons (Fsp3) is 0.938. The SMILES string of the molecule is CCCCCCCCCCCCCC(=O)OC[C@@H](COC(=O)CCCCCCCCC)OC(=O)CCCCCCCCCCCCCCCCC(C)CC. The van der Waals surface area contributed by atoms with Crippen LogP contribution < -0.4 is 0 Å². The van der Waals surface area contributed by atoms with E-state index in [0.29, 0.717) is 19.3 Å². The van der Waals surface area contributed by atoms with Gasteiger partial charge in [-0.15, -0.1) is 0 Å². The molecule has 0 spiro atoms. The Kier molecular flexibility index (Phi) is 41.3. The molecule has 320 valence electrons. The van der Waals surface area contributed by atoms with Crippen LogP contribution in [-0.4, -0.2) is 37.2 Å². The number of carbonyl (C=O) groups excluding carboxylic acids is 3. The van der Waals surface area contributed by atoms with Crippen LogP contribution in [-0.2, 0) is 28.6 Å². The highest BCUT2D eigenvalue weighted by Crippen LogP contribution is 2.17. The third-order valence-corrected chi connectivity index (χ3v) is 11.2. The smallest absolute Gasteiger partial charge is 0.306 e. The molecule has 0 heterocycles. The first-order chi connectivity index (χ1) is 26.4. The van der Waals surface area contributed by atoms with E-state index < -0.39 is 6.10 Å². The summed E-state index contributed by atoms with van der Waals surface area (Å²) in [7, 11) is 0. The molecule has 0 bridgehead atoms. The number of rotatable bonds is 43. The average Bonchev–Trinajstić information content (AvgIpc) is 3.17. The zero-order valence-corrected chi connectivity index (χ0v) is 36.7. The summed E-state index contributed by atoms with van der Waals surface area (Å²) >= 11 is 0. The van der Waals surface area contributed by atoms with Crippen LogP contribution in [0.5, 0.6) is 0 Å². The van der Waals surface area contributed by atoms with Gasteiger partial charge >= 0.3 is 17.9 Å². The first-order valence-electron chi connectivity index (χ1n) is 23.9. The Morgan fingerprint density at radius 3 is 0.963 bits per heavy atom. The van der Waals surface area contributed by atoms with Crippen molar-refractivity contribution >= 4 is 17.9 Å². The molecule has 6 nitrogen and oxygen atoms in total. The molecule has 0 aromatic heterocycles. The Hall–Kier alpha value is -1.59. The van der Waals surface area contributed by atoms with Gasteiger partial charge in [0.2, 0.25) is 0 Å². The normalized spacial score (nSPS) is 12.4. The van der Waals surface area contributed by atoms with Gasteiger partial charge < -0.3 is 14.2 Å². The molecule has 0 aliphatic carbocycles. The van der Waals surface area contributed by atoms with Gasteiger partial charge in [0, 0.05) is 19.3 Å². The van der Waals surface area contributed by atoms with Crippen molar-refractivity contribution in [2.45, 2.75) is 271 Å². The van der Waals surface area contributed by atoms with Crippen molar-refractivity contribution in [3.05, 3.63) is 0 Å². The number of carbonyl (C=O) groups is 3. The summed E-state index contributed by atoms with van der Waals surface area (Å²) < 4.78 is 16.7. The predicted octanol–water partition coefficient (Wildman–Crippen LogP) is 15.1. The molecule has 0 rings (SSSR count). The maximum absolute atomic E-state index is 12.7. The number of hydrogen-bond donors (Lipinski definition) is 0. The summed E-state index contributed by atoms with van der Waals surface area (Å²) in [6, 6.07) is 0. The molecule has 2 atom stereocenters. The van der Waals surface area contributed by atoms with Crippen molar-refractivity contribution in [1.82, 2.24) is 0 Å². The summed E-state index contributed by atoms with van der Waals surface area (Å²) in [5, 5.41) is 0. The van der Waals surface area contributed by atoms with Crippen molar-refractivity contribution in [3.63, 3.8) is 0 Å². The van der Waals surface area contributed by atoms with Crippen LogP contribution in [0.4, 0.5) is 0 Å². The summed E-state index contributed by atoms with van der Waals surface area (Å²) in [5.41, 5.74) is 0. The van der Waals surface area contributed by atoms with Crippen LogP contribution in [0.2, 0.25) is 0 Å². The minimum Gasteiger partial charge on any atom is -0.462 e. The summed E-state index contributed by atoms with van der Waals surface area (Å²) in [4.78, 5) is 37.6. The van der Waals surface area contributed by atoms with E-state index in [4.69, 9.17) is 14.2 Å². The van der Waals surface area contributed by atoms with Gasteiger partial charge in [0.05, 0.1) is 0 Å². The molecule has 0 aliphatic heterocycles. The van der Waals surface area contributed by atoms with E-state index in [2.05, 4.69) is 27.7 Å². The van der Waals surface area contributed by atoms with Crippen molar-refractivity contribution in [2.75, 3.05) is 13.2 Å². The van der Waals surface area contributed by atoms with Crippen LogP contribution in [0.15, 0.2) is 0 Å². The predicted molar refractivity (Wildman–Crippen MR) is 229 cm³/mol. The molecule has 6 heteroatoms. The molecule has 0 radical (unpaired) electrons. The van der Waals surface area contributed by atoms with Crippen molar-refractivity contribution in [3.8, 4) is 0 Å². The highest BCUT2D eigenvalue weighted by Gasteiger charge is 2.19. The maximum Gasteiger partial charge on any atom is 0.306 e. The minimum absolute atomic E-state index is 0.0638. The largest absolute Gasteiger partial charge is 0.462 e. The average molecular weight is 765 g/mol. The molecular formula is C48H92O6. The van der Waals surface area contributed by atoms with Crippen LogP contribution in [0.3, 0.4) is 0 Å². The Morgan fingerprint density at radius 1 is 0.370 bits per heavy atom. The third-order valence-electron chi connectivity index (χ3n) is 11.2. The zero-order chi connectivity index (χ0) is 39.6. The quantitative estimate of drug-likeness (QED) is 0.0349. The van der Waals surface area contributed by atoms with Gasteiger partial charge in [0.1, 0.15) is 13.2 Å². The Labute approximate surface area is 336 Å². The lowest BCUT2D eigenvalue weighted by atomic mass is 9.99. The lowest BCUT2D eigenvalue weighted by Gasteiger charge is -2.18. The van der Waals surface area contributed by atoms with Crippen LogP contribution in [0, 0.1) is 5.92 Å². The molecule has 54 heavy (non-hydrogen) atoms. The standard InChI is InChI=1S/C48H92O6/c1-5-8-10-12-14-15-20-24-28-32-36-40-47(50)53-43-45(42-52-46(49)39-35-31-26-13-11-9-6-2)54-48(51)41-37-33-29-25-22-19-17-16-18-21-23-27-30-34-38-44(4)7-3/h44-45H,5-43H2,1-4H3/t44?,45-/m1/s1. The molecular weight excluding hydrogens is 673 g/mol. The Balaban J connectivity index is 4.21. The second-order valence-electron chi connectivity index (χ2n) is 16.6. The van der Waals surface area contributed by atoms with E-state index in [1.165, 1.54) is 161 Å². The summed E-state index contributed by atoms with van der Waals surface area (Å²) in [5.74, 6) is 0.0369. The highest BCUT2D eigenvalue weighted by atomic mass is 16.6. The van der Waals surface area contributed by atoms with Crippen LogP contribution >= 0.6 is 0 Å². The topological polar surface area (TPSA) is 78.9 Å². The summed E-state index contributed by atoms with van der Waals surface area (Å²) in [6.45, 7) is 9.00. The van der Waals surface area contributed by atoms with Gasteiger partial charge in [-0.25, -0.2) is 0 Å². The number of ether oxygens (including phenoxy) is 3. The van der Waals surface area contributed by atoms with Crippen LogP contribution in [0.25, 0.3) is 0 Å². The van der Waals surface area contributed by atoms with Gasteiger partial charge in [-0.05, 0) is 25.2 Å². The number of hydrogen-bond acceptors (Lipinski definition) is 6. The number of unbranched alkanes of at least 4 members (excludes halogenated alkanes) is 29. The number of esters is 3. The lowest BCUT2D eigenvalue weighted by Crippen LogP contribution is -2.30. The van der Waals surface area contributed by atoms with Crippen molar-refractivity contribution in [2.24, 2.45) is 5.92 Å². The second-order valence-corrected chi connectivity index (χ2v) is 16.6. The molecule has 0 aromatic carbocycles. The monoisotopic (exact) mass is 765 g/mol. The molecule has 0 aromatic rings. The van der Waals surface area contributed by atoms with Gasteiger partial charge in [0.15, 0.2) is 6.10 Å². The molecule has 0 N–H and O–H groups in total. The first-order valence-corrected chi connectivity index (χ1v) is 23.9.